The molecule has 0 bridgehead atoms. The molecule has 2 rings (SSSR count). The van der Waals surface area contributed by atoms with Crippen molar-refractivity contribution in [1.82, 2.24) is 20.8 Å². The second-order valence-corrected chi connectivity index (χ2v) is 8.81. The lowest BCUT2D eigenvalue weighted by Crippen LogP contribution is -2.50. The zero-order valence-electron chi connectivity index (χ0n) is 20.6. The number of ether oxygens (including phenoxy) is 2. The Bertz CT molecular complexity index is 991. The van der Waals surface area contributed by atoms with Gasteiger partial charge in [-0.3, -0.25) is 14.4 Å². The molecule has 1 fully saturated rings. The Morgan fingerprint density at radius 3 is 2.33 bits per heavy atom. The Kier molecular flexibility index (Phi) is 9.76. The van der Waals surface area contributed by atoms with Crippen LogP contribution in [0.1, 0.15) is 52.5 Å². The highest BCUT2D eigenvalue weighted by atomic mass is 16.7. The van der Waals surface area contributed by atoms with Crippen LogP contribution >= 0.6 is 0 Å². The molecule has 36 heavy (non-hydrogen) atoms. The number of urea groups is 1. The first kappa shape index (κ1) is 28.1. The summed E-state index contributed by atoms with van der Waals surface area (Å²) < 4.78 is 10.1. The minimum absolute atomic E-state index is 0.0290. The van der Waals surface area contributed by atoms with E-state index >= 15 is 0 Å². The highest BCUT2D eigenvalue weighted by molar-refractivity contribution is 6.05. The van der Waals surface area contributed by atoms with Gasteiger partial charge >= 0.3 is 24.1 Å². The molecule has 13 nitrogen and oxygen atoms in total. The minimum Gasteiger partial charge on any atom is -0.460 e. The van der Waals surface area contributed by atoms with E-state index in [1.165, 1.54) is 0 Å². The van der Waals surface area contributed by atoms with E-state index in [1.807, 2.05) is 5.48 Å². The Morgan fingerprint density at radius 1 is 1.06 bits per heavy atom. The average molecular weight is 507 g/mol. The topological polar surface area (TPSA) is 161 Å². The van der Waals surface area contributed by atoms with Gasteiger partial charge in [-0.05, 0) is 32.8 Å². The number of hydroxylamine groups is 1. The van der Waals surface area contributed by atoms with Crippen LogP contribution in [0.15, 0.2) is 30.3 Å². The van der Waals surface area contributed by atoms with Crippen LogP contribution in [-0.2, 0) is 40.1 Å². The van der Waals surface area contributed by atoms with E-state index in [0.717, 1.165) is 17.5 Å². The van der Waals surface area contributed by atoms with Gasteiger partial charge in [-0.15, -0.1) is 5.48 Å². The number of rotatable bonds is 9. The molecule has 1 heterocycles. The number of nitrogens with one attached hydrogen (secondary N) is 2. The van der Waals surface area contributed by atoms with Crippen LogP contribution in [0.5, 0.6) is 0 Å². The average Bonchev–Trinajstić information content (AvgIpc) is 3.07. The largest absolute Gasteiger partial charge is 0.460 e. The standard InChI is InChI=1S/C23H30N4O9/c1-15(28)26(13-12-19(30)36-25-22(33)34-14-16-8-6-5-7-9-16)27-20(31)17(24-21(27)32)10-11-18(29)35-23(2,3)4/h5-9,17H,10-14H2,1-4H3,(H,24,32)(H,25,33)/t17-/m0/s1. The summed E-state index contributed by atoms with van der Waals surface area (Å²) in [7, 11) is 0. The van der Waals surface area contributed by atoms with Gasteiger partial charge in [0.2, 0.25) is 5.91 Å². The number of carbonyl (C=O) groups is 6. The number of imide groups is 1. The van der Waals surface area contributed by atoms with Gasteiger partial charge in [-0.25, -0.2) is 19.4 Å². The molecule has 1 aliphatic rings. The van der Waals surface area contributed by atoms with Crippen molar-refractivity contribution in [2.24, 2.45) is 0 Å². The lowest BCUT2D eigenvalue weighted by molar-refractivity contribution is -0.159. The van der Waals surface area contributed by atoms with Gasteiger partial charge < -0.3 is 19.6 Å². The molecular weight excluding hydrogens is 476 g/mol. The zero-order chi connectivity index (χ0) is 26.9. The summed E-state index contributed by atoms with van der Waals surface area (Å²) in [5, 5.41) is 3.77. The van der Waals surface area contributed by atoms with Crippen LogP contribution < -0.4 is 10.8 Å². The smallest absolute Gasteiger partial charge is 0.441 e. The van der Waals surface area contributed by atoms with E-state index in [1.54, 1.807) is 51.1 Å². The maximum absolute atomic E-state index is 12.7. The predicted molar refractivity (Wildman–Crippen MR) is 122 cm³/mol. The van der Waals surface area contributed by atoms with Crippen molar-refractivity contribution >= 4 is 35.9 Å². The lowest BCUT2D eigenvalue weighted by Gasteiger charge is -2.27. The van der Waals surface area contributed by atoms with Gasteiger partial charge in [0, 0.05) is 13.3 Å². The van der Waals surface area contributed by atoms with Crippen LogP contribution in [-0.4, -0.2) is 64.1 Å². The molecule has 13 heteroatoms. The number of nitrogens with zero attached hydrogens (tertiary/aromatic N) is 2. The summed E-state index contributed by atoms with van der Waals surface area (Å²) in [6.45, 7) is 5.80. The van der Waals surface area contributed by atoms with Crippen molar-refractivity contribution in [3.8, 4) is 0 Å². The third-order valence-electron chi connectivity index (χ3n) is 4.65. The van der Waals surface area contributed by atoms with Crippen LogP contribution in [0.2, 0.25) is 0 Å². The number of hydrogen-bond donors (Lipinski definition) is 2. The molecule has 1 aromatic carbocycles. The Morgan fingerprint density at radius 2 is 1.72 bits per heavy atom. The number of hydrazine groups is 1. The quantitative estimate of drug-likeness (QED) is 0.219. The normalized spacial score (nSPS) is 15.1. The number of carbonyl (C=O) groups excluding carboxylic acids is 6. The van der Waals surface area contributed by atoms with Gasteiger partial charge in [-0.2, -0.15) is 5.01 Å². The minimum atomic E-state index is -1.04. The highest BCUT2D eigenvalue weighted by Crippen LogP contribution is 2.17. The van der Waals surface area contributed by atoms with Crippen molar-refractivity contribution in [2.45, 2.75) is 65.2 Å². The molecule has 0 spiro atoms. The highest BCUT2D eigenvalue weighted by Gasteiger charge is 2.43. The van der Waals surface area contributed by atoms with Gasteiger partial charge in [0.25, 0.3) is 5.91 Å². The summed E-state index contributed by atoms with van der Waals surface area (Å²) in [4.78, 5) is 77.3. The molecule has 0 aromatic heterocycles. The lowest BCUT2D eigenvalue weighted by atomic mass is 10.1. The molecule has 0 aliphatic carbocycles. The van der Waals surface area contributed by atoms with Crippen LogP contribution in [0.3, 0.4) is 0 Å². The maximum Gasteiger partial charge on any atom is 0.441 e. The summed E-state index contributed by atoms with van der Waals surface area (Å²) in [6, 6.07) is 6.92. The molecule has 5 amide bonds. The number of benzene rings is 1. The summed E-state index contributed by atoms with van der Waals surface area (Å²) in [6.07, 6.45) is -1.60. The number of hydrogen-bond acceptors (Lipinski definition) is 9. The van der Waals surface area contributed by atoms with E-state index < -0.39 is 53.9 Å². The number of esters is 1. The van der Waals surface area contributed by atoms with Crippen molar-refractivity contribution in [3.05, 3.63) is 35.9 Å². The molecular formula is C23H30N4O9. The van der Waals surface area contributed by atoms with E-state index in [0.29, 0.717) is 5.01 Å². The second kappa shape index (κ2) is 12.5. The summed E-state index contributed by atoms with van der Waals surface area (Å²) >= 11 is 0. The van der Waals surface area contributed by atoms with E-state index in [2.05, 4.69) is 10.2 Å². The third kappa shape index (κ3) is 8.89. The maximum atomic E-state index is 12.7. The first-order chi connectivity index (χ1) is 16.9. The first-order valence-corrected chi connectivity index (χ1v) is 11.2. The molecule has 0 saturated carbocycles. The Balaban J connectivity index is 1.82. The van der Waals surface area contributed by atoms with E-state index in [-0.39, 0.29) is 26.0 Å². The monoisotopic (exact) mass is 506 g/mol. The second-order valence-electron chi connectivity index (χ2n) is 8.81. The Labute approximate surface area is 207 Å². The fourth-order valence-corrected chi connectivity index (χ4v) is 3.10. The SMILES string of the molecule is CC(=O)N(CCC(=O)ONC(=O)OCc1ccccc1)N1C(=O)N[C@@H](CCC(=O)OC(C)(C)C)C1=O. The van der Waals surface area contributed by atoms with Gasteiger partial charge in [0.1, 0.15) is 18.2 Å². The molecule has 196 valence electrons. The van der Waals surface area contributed by atoms with Crippen LogP contribution in [0, 0.1) is 0 Å². The molecule has 2 N–H and O–H groups in total. The third-order valence-corrected chi connectivity index (χ3v) is 4.65. The number of amides is 5. The molecule has 0 unspecified atom stereocenters. The molecule has 1 aromatic rings. The molecule has 1 aliphatic heterocycles. The van der Waals surface area contributed by atoms with E-state index in [9.17, 15) is 28.8 Å². The van der Waals surface area contributed by atoms with Gasteiger partial charge in [-0.1, -0.05) is 30.3 Å². The summed E-state index contributed by atoms with van der Waals surface area (Å²) in [5.41, 5.74) is 1.86. The predicted octanol–water partition coefficient (Wildman–Crippen LogP) is 1.57. The van der Waals surface area contributed by atoms with Crippen LogP contribution in [0.25, 0.3) is 0 Å². The van der Waals surface area contributed by atoms with Crippen LogP contribution in [0.4, 0.5) is 9.59 Å². The van der Waals surface area contributed by atoms with Gasteiger partial charge in [0.05, 0.1) is 13.0 Å². The zero-order valence-corrected chi connectivity index (χ0v) is 20.6. The molecule has 1 atom stereocenters. The Hall–Kier alpha value is -4.16. The fraction of sp³-hybridized carbons (Fsp3) is 0.478. The molecule has 1 saturated heterocycles. The van der Waals surface area contributed by atoms with Crippen molar-refractivity contribution < 1.29 is 43.1 Å². The molecule has 0 radical (unpaired) electrons. The first-order valence-electron chi connectivity index (χ1n) is 11.2. The fourth-order valence-electron chi connectivity index (χ4n) is 3.10. The van der Waals surface area contributed by atoms with Crippen molar-refractivity contribution in [3.63, 3.8) is 0 Å². The summed E-state index contributed by atoms with van der Waals surface area (Å²) in [5.74, 6) is -2.92. The van der Waals surface area contributed by atoms with E-state index in [4.69, 9.17) is 9.47 Å². The van der Waals surface area contributed by atoms with Crippen molar-refractivity contribution in [1.29, 1.82) is 0 Å². The van der Waals surface area contributed by atoms with Crippen molar-refractivity contribution in [2.75, 3.05) is 6.54 Å². The van der Waals surface area contributed by atoms with Gasteiger partial charge in [0.15, 0.2) is 0 Å².